The Morgan fingerprint density at radius 2 is 2.06 bits per heavy atom. The van der Waals surface area contributed by atoms with Crippen LogP contribution in [0, 0.1) is 13.8 Å². The van der Waals surface area contributed by atoms with Crippen LogP contribution in [0.3, 0.4) is 0 Å². The van der Waals surface area contributed by atoms with Gasteiger partial charge < -0.3 is 10.8 Å². The summed E-state index contributed by atoms with van der Waals surface area (Å²) in [6, 6.07) is 3.12. The van der Waals surface area contributed by atoms with Crippen LogP contribution in [0.5, 0.6) is 0 Å². The van der Waals surface area contributed by atoms with Gasteiger partial charge in [0.15, 0.2) is 0 Å². The number of hydrogen-bond donors (Lipinski definition) is 2. The number of benzene rings is 1. The van der Waals surface area contributed by atoms with Gasteiger partial charge in [-0.3, -0.25) is 0 Å². The molecule has 0 radical (unpaired) electrons. The van der Waals surface area contributed by atoms with E-state index in [-0.39, 0.29) is 11.4 Å². The molecule has 0 bridgehead atoms. The maximum Gasteiger partial charge on any atom is 0.243 e. The lowest BCUT2D eigenvalue weighted by atomic mass is 10.1. The number of nitrogens with two attached hydrogens (primary N) is 1. The molecule has 18 heavy (non-hydrogen) atoms. The van der Waals surface area contributed by atoms with Gasteiger partial charge in [0.2, 0.25) is 10.0 Å². The topological polar surface area (TPSA) is 83.6 Å². The molecular formula is C12H18N2O3S. The van der Waals surface area contributed by atoms with Gasteiger partial charge in [-0.25, -0.2) is 8.42 Å². The number of sulfonamides is 1. The minimum Gasteiger partial charge on any atom is -0.398 e. The summed E-state index contributed by atoms with van der Waals surface area (Å²) in [4.78, 5) is 0.206. The third kappa shape index (κ3) is 2.23. The fraction of sp³-hybridized carbons (Fsp3) is 0.500. The molecule has 1 atom stereocenters. The van der Waals surface area contributed by atoms with Crippen LogP contribution in [0.4, 0.5) is 5.69 Å². The second kappa shape index (κ2) is 4.53. The molecule has 3 N–H and O–H groups in total. The third-order valence-corrected chi connectivity index (χ3v) is 5.29. The van der Waals surface area contributed by atoms with Gasteiger partial charge in [-0.05, 0) is 43.5 Å². The zero-order valence-corrected chi connectivity index (χ0v) is 11.4. The summed E-state index contributed by atoms with van der Waals surface area (Å²) in [5, 5.41) is 9.43. The van der Waals surface area contributed by atoms with Crippen molar-refractivity contribution >= 4 is 15.7 Å². The van der Waals surface area contributed by atoms with Gasteiger partial charge in [-0.1, -0.05) is 0 Å². The molecule has 0 aromatic heterocycles. The second-order valence-electron chi connectivity index (χ2n) is 4.76. The van der Waals surface area contributed by atoms with E-state index in [1.807, 2.05) is 13.8 Å². The van der Waals surface area contributed by atoms with Crippen molar-refractivity contribution in [3.8, 4) is 0 Å². The fourth-order valence-corrected chi connectivity index (χ4v) is 3.69. The molecule has 0 spiro atoms. The number of aliphatic hydroxyl groups excluding tert-OH is 1. The van der Waals surface area contributed by atoms with Gasteiger partial charge in [0.05, 0.1) is 11.0 Å². The summed E-state index contributed by atoms with van der Waals surface area (Å²) < 4.78 is 26.0. The molecule has 1 heterocycles. The Labute approximate surface area is 107 Å². The lowest BCUT2D eigenvalue weighted by molar-refractivity contribution is 0.189. The molecule has 1 fully saturated rings. The Bertz CT molecular complexity index is 546. The van der Waals surface area contributed by atoms with Gasteiger partial charge >= 0.3 is 0 Å². The van der Waals surface area contributed by atoms with Crippen LogP contribution in [0.15, 0.2) is 17.0 Å². The maximum atomic E-state index is 12.4. The summed E-state index contributed by atoms with van der Waals surface area (Å²) in [7, 11) is -3.54. The van der Waals surface area contributed by atoms with Crippen LogP contribution in [0.25, 0.3) is 0 Å². The van der Waals surface area contributed by atoms with Gasteiger partial charge in [0.1, 0.15) is 0 Å². The molecule has 1 aliphatic heterocycles. The minimum absolute atomic E-state index is 0.162. The number of β-amino-alcohol motifs (C(OH)–C–C–N with tert-alkyl or cyclic N) is 1. The van der Waals surface area contributed by atoms with E-state index in [4.69, 9.17) is 5.73 Å². The third-order valence-electron chi connectivity index (χ3n) is 3.44. The van der Waals surface area contributed by atoms with Gasteiger partial charge in [0, 0.05) is 18.8 Å². The van der Waals surface area contributed by atoms with Gasteiger partial charge in [-0.2, -0.15) is 4.31 Å². The van der Waals surface area contributed by atoms with Crippen molar-refractivity contribution in [2.75, 3.05) is 18.8 Å². The molecule has 100 valence electrons. The van der Waals surface area contributed by atoms with Crippen molar-refractivity contribution in [2.45, 2.75) is 31.3 Å². The van der Waals surface area contributed by atoms with Crippen LogP contribution >= 0.6 is 0 Å². The summed E-state index contributed by atoms with van der Waals surface area (Å²) in [5.74, 6) is 0. The molecule has 1 aromatic rings. The van der Waals surface area contributed by atoms with Crippen LogP contribution < -0.4 is 5.73 Å². The Morgan fingerprint density at radius 1 is 1.39 bits per heavy atom. The standard InChI is InChI=1S/C12H18N2O3S/c1-8-5-11(6-12(13)9(8)2)18(16,17)14-4-3-10(15)7-14/h5-6,10,15H,3-4,7,13H2,1-2H3/t10-/m0/s1. The molecule has 0 aliphatic carbocycles. The Morgan fingerprint density at radius 3 is 2.56 bits per heavy atom. The summed E-state index contributed by atoms with van der Waals surface area (Å²) >= 11 is 0. The van der Waals surface area contributed by atoms with Crippen LogP contribution in [0.2, 0.25) is 0 Å². The van der Waals surface area contributed by atoms with Crippen LogP contribution in [-0.4, -0.2) is 37.0 Å². The van der Waals surface area contributed by atoms with E-state index in [2.05, 4.69) is 0 Å². The van der Waals surface area contributed by atoms with Crippen molar-refractivity contribution in [3.05, 3.63) is 23.3 Å². The summed E-state index contributed by atoms with van der Waals surface area (Å²) in [5.41, 5.74) is 8.05. The normalized spacial score (nSPS) is 21.4. The molecule has 0 amide bonds. The second-order valence-corrected chi connectivity index (χ2v) is 6.70. The molecule has 1 aromatic carbocycles. The molecule has 1 aliphatic rings. The molecule has 5 nitrogen and oxygen atoms in total. The molecule has 0 unspecified atom stereocenters. The monoisotopic (exact) mass is 270 g/mol. The van der Waals surface area contributed by atoms with Crippen molar-refractivity contribution in [3.63, 3.8) is 0 Å². The Kier molecular flexibility index (Phi) is 3.35. The van der Waals surface area contributed by atoms with E-state index in [0.29, 0.717) is 18.7 Å². The molecule has 2 rings (SSSR count). The van der Waals surface area contributed by atoms with E-state index in [1.165, 1.54) is 10.4 Å². The van der Waals surface area contributed by atoms with Crippen molar-refractivity contribution in [1.82, 2.24) is 4.31 Å². The number of hydrogen-bond acceptors (Lipinski definition) is 4. The first-order valence-corrected chi connectivity index (χ1v) is 7.31. The number of aliphatic hydroxyl groups is 1. The SMILES string of the molecule is Cc1cc(S(=O)(=O)N2CC[C@H](O)C2)cc(N)c1C. The molecule has 6 heteroatoms. The number of nitrogens with zero attached hydrogens (tertiary/aromatic N) is 1. The van der Waals surface area contributed by atoms with Crippen molar-refractivity contribution in [1.29, 1.82) is 0 Å². The van der Waals surface area contributed by atoms with E-state index in [1.54, 1.807) is 6.07 Å². The predicted molar refractivity (Wildman–Crippen MR) is 69.7 cm³/mol. The highest BCUT2D eigenvalue weighted by Gasteiger charge is 2.31. The highest BCUT2D eigenvalue weighted by atomic mass is 32.2. The van der Waals surface area contributed by atoms with E-state index >= 15 is 0 Å². The van der Waals surface area contributed by atoms with Gasteiger partial charge in [-0.15, -0.1) is 0 Å². The average molecular weight is 270 g/mol. The first-order valence-electron chi connectivity index (χ1n) is 5.87. The van der Waals surface area contributed by atoms with Crippen molar-refractivity contribution in [2.24, 2.45) is 0 Å². The average Bonchev–Trinajstić information content (AvgIpc) is 2.72. The fourth-order valence-electron chi connectivity index (χ4n) is 2.08. The zero-order chi connectivity index (χ0) is 13.5. The van der Waals surface area contributed by atoms with Crippen LogP contribution in [0.1, 0.15) is 17.5 Å². The quantitative estimate of drug-likeness (QED) is 0.773. The smallest absolute Gasteiger partial charge is 0.243 e. The number of aryl methyl sites for hydroxylation is 1. The number of rotatable bonds is 2. The molecular weight excluding hydrogens is 252 g/mol. The molecule has 0 saturated carbocycles. The Hall–Kier alpha value is -1.11. The maximum absolute atomic E-state index is 12.4. The summed E-state index contributed by atoms with van der Waals surface area (Å²) in [6.07, 6.45) is -0.0804. The van der Waals surface area contributed by atoms with E-state index in [0.717, 1.165) is 11.1 Å². The highest BCUT2D eigenvalue weighted by molar-refractivity contribution is 7.89. The zero-order valence-electron chi connectivity index (χ0n) is 10.5. The Balaban J connectivity index is 2.42. The van der Waals surface area contributed by atoms with Crippen molar-refractivity contribution < 1.29 is 13.5 Å². The van der Waals surface area contributed by atoms with E-state index < -0.39 is 16.1 Å². The number of anilines is 1. The predicted octanol–water partition coefficient (Wildman–Crippen LogP) is 0.641. The minimum atomic E-state index is -3.54. The first-order chi connectivity index (χ1) is 8.32. The summed E-state index contributed by atoms with van der Waals surface area (Å²) in [6.45, 7) is 4.22. The lowest BCUT2D eigenvalue weighted by Gasteiger charge is -2.17. The van der Waals surface area contributed by atoms with E-state index in [9.17, 15) is 13.5 Å². The highest BCUT2D eigenvalue weighted by Crippen LogP contribution is 2.26. The first kappa shape index (κ1) is 13.3. The van der Waals surface area contributed by atoms with Crippen LogP contribution in [-0.2, 0) is 10.0 Å². The number of nitrogen functional groups attached to an aromatic ring is 1. The van der Waals surface area contributed by atoms with Gasteiger partial charge in [0.25, 0.3) is 0 Å². The largest absolute Gasteiger partial charge is 0.398 e. The lowest BCUT2D eigenvalue weighted by Crippen LogP contribution is -2.29. The molecule has 1 saturated heterocycles.